The molecule has 1 fully saturated rings. The summed E-state index contributed by atoms with van der Waals surface area (Å²) in [6.07, 6.45) is 0.504. The number of nitrogens with one attached hydrogen (secondary N) is 1. The smallest absolute Gasteiger partial charge is 0.227 e. The second-order valence-electron chi connectivity index (χ2n) is 7.56. The summed E-state index contributed by atoms with van der Waals surface area (Å²) in [5.41, 5.74) is 2.56. The molecule has 6 nitrogen and oxygen atoms in total. The molecule has 2 aromatic rings. The molecule has 0 aromatic heterocycles. The van der Waals surface area contributed by atoms with Crippen molar-refractivity contribution >= 4 is 43.3 Å². The van der Waals surface area contributed by atoms with Gasteiger partial charge in [-0.2, -0.15) is 0 Å². The third kappa shape index (κ3) is 5.92. The second-order valence-corrected chi connectivity index (χ2v) is 10.6. The number of carbonyl (C=O) groups excluding carboxylic acids is 2. The lowest BCUT2D eigenvalue weighted by Crippen LogP contribution is -2.34. The summed E-state index contributed by atoms with van der Waals surface area (Å²) in [6.45, 7) is 2.55. The third-order valence-electron chi connectivity index (χ3n) is 5.11. The average molecular weight is 493 g/mol. The molecular formula is C22H25BrN2O4S. The standard InChI is InChI=1S/C22H25BrN2O4S/c1-16-12-19(8-9-20(16)23)25-14-18(13-21(25)26)22(27)24-10-5-11-30(28,29)15-17-6-3-2-4-7-17/h2-4,6-9,12,18H,5,10-11,13-15H2,1H3,(H,24,27). The van der Waals surface area contributed by atoms with Gasteiger partial charge in [0, 0.05) is 29.7 Å². The van der Waals surface area contributed by atoms with Crippen molar-refractivity contribution < 1.29 is 18.0 Å². The maximum Gasteiger partial charge on any atom is 0.227 e. The maximum atomic E-state index is 12.5. The Labute approximate surface area is 185 Å². The largest absolute Gasteiger partial charge is 0.356 e. The predicted octanol–water partition coefficient (Wildman–Crippen LogP) is 3.23. The fourth-order valence-corrected chi connectivity index (χ4v) is 5.15. The van der Waals surface area contributed by atoms with E-state index in [1.807, 2.05) is 43.3 Å². The van der Waals surface area contributed by atoms with Gasteiger partial charge >= 0.3 is 0 Å². The van der Waals surface area contributed by atoms with Gasteiger partial charge in [0.25, 0.3) is 0 Å². The van der Waals surface area contributed by atoms with E-state index in [2.05, 4.69) is 21.2 Å². The highest BCUT2D eigenvalue weighted by Gasteiger charge is 2.35. The molecule has 1 heterocycles. The first-order valence-corrected chi connectivity index (χ1v) is 12.5. The van der Waals surface area contributed by atoms with Crippen LogP contribution in [0.25, 0.3) is 0 Å². The number of nitrogens with zero attached hydrogens (tertiary/aromatic N) is 1. The van der Waals surface area contributed by atoms with Crippen molar-refractivity contribution in [1.29, 1.82) is 0 Å². The number of halogens is 1. The lowest BCUT2D eigenvalue weighted by atomic mass is 10.1. The van der Waals surface area contributed by atoms with Crippen molar-refractivity contribution in [2.24, 2.45) is 5.92 Å². The highest BCUT2D eigenvalue weighted by molar-refractivity contribution is 9.10. The Bertz CT molecular complexity index is 1020. The first-order valence-electron chi connectivity index (χ1n) is 9.84. The molecule has 1 aliphatic rings. The van der Waals surface area contributed by atoms with Crippen LogP contribution in [0.15, 0.2) is 53.0 Å². The van der Waals surface area contributed by atoms with Crippen LogP contribution >= 0.6 is 15.9 Å². The van der Waals surface area contributed by atoms with Crippen LogP contribution in [-0.2, 0) is 25.2 Å². The van der Waals surface area contributed by atoms with Gasteiger partial charge in [-0.15, -0.1) is 0 Å². The van der Waals surface area contributed by atoms with Crippen molar-refractivity contribution in [3.05, 3.63) is 64.1 Å². The van der Waals surface area contributed by atoms with Gasteiger partial charge in [-0.05, 0) is 42.7 Å². The molecule has 3 rings (SSSR count). The summed E-state index contributed by atoms with van der Waals surface area (Å²) >= 11 is 3.45. The summed E-state index contributed by atoms with van der Waals surface area (Å²) < 4.78 is 25.4. The summed E-state index contributed by atoms with van der Waals surface area (Å²) in [7, 11) is -3.23. The fourth-order valence-electron chi connectivity index (χ4n) is 3.48. The zero-order chi connectivity index (χ0) is 21.7. The van der Waals surface area contributed by atoms with E-state index in [0.717, 1.165) is 21.3 Å². The lowest BCUT2D eigenvalue weighted by Gasteiger charge is -2.17. The van der Waals surface area contributed by atoms with Crippen LogP contribution in [0.4, 0.5) is 5.69 Å². The molecule has 160 valence electrons. The molecule has 1 atom stereocenters. The Morgan fingerprint density at radius 3 is 2.63 bits per heavy atom. The third-order valence-corrected chi connectivity index (χ3v) is 7.68. The number of aryl methyl sites for hydroxylation is 1. The lowest BCUT2D eigenvalue weighted by molar-refractivity contribution is -0.126. The minimum absolute atomic E-state index is 0.000476. The first kappa shape index (κ1) is 22.5. The van der Waals surface area contributed by atoms with Crippen LogP contribution in [0, 0.1) is 12.8 Å². The molecule has 2 amide bonds. The van der Waals surface area contributed by atoms with Crippen LogP contribution in [0.1, 0.15) is 24.0 Å². The van der Waals surface area contributed by atoms with Gasteiger partial charge in [0.1, 0.15) is 0 Å². The van der Waals surface area contributed by atoms with Crippen LogP contribution in [0.2, 0.25) is 0 Å². The molecular weight excluding hydrogens is 468 g/mol. The molecule has 0 spiro atoms. The average Bonchev–Trinajstić information content (AvgIpc) is 3.09. The molecule has 0 radical (unpaired) electrons. The first-order chi connectivity index (χ1) is 14.2. The molecule has 8 heteroatoms. The Hall–Kier alpha value is -2.19. The van der Waals surface area contributed by atoms with Crippen molar-refractivity contribution in [3.8, 4) is 0 Å². The Morgan fingerprint density at radius 2 is 1.93 bits per heavy atom. The number of anilines is 1. The van der Waals surface area contributed by atoms with E-state index in [4.69, 9.17) is 0 Å². The molecule has 1 unspecified atom stereocenters. The molecule has 0 bridgehead atoms. The quantitative estimate of drug-likeness (QED) is 0.573. The molecule has 1 aliphatic heterocycles. The van der Waals surface area contributed by atoms with Gasteiger partial charge in [-0.1, -0.05) is 46.3 Å². The number of carbonyl (C=O) groups is 2. The van der Waals surface area contributed by atoms with Crippen LogP contribution in [-0.4, -0.2) is 39.1 Å². The van der Waals surface area contributed by atoms with Gasteiger partial charge in [0.15, 0.2) is 9.84 Å². The van der Waals surface area contributed by atoms with Crippen molar-refractivity contribution in [1.82, 2.24) is 5.32 Å². The van der Waals surface area contributed by atoms with Gasteiger partial charge in [0.05, 0.1) is 17.4 Å². The van der Waals surface area contributed by atoms with E-state index >= 15 is 0 Å². The fraction of sp³-hybridized carbons (Fsp3) is 0.364. The molecule has 1 N–H and O–H groups in total. The number of sulfone groups is 1. The summed E-state index contributed by atoms with van der Waals surface area (Å²) in [4.78, 5) is 26.5. The Morgan fingerprint density at radius 1 is 1.20 bits per heavy atom. The molecule has 0 saturated carbocycles. The van der Waals surface area contributed by atoms with Gasteiger partial charge in [-0.25, -0.2) is 8.42 Å². The maximum absolute atomic E-state index is 12.5. The highest BCUT2D eigenvalue weighted by Crippen LogP contribution is 2.28. The Kier molecular flexibility index (Phi) is 7.31. The molecule has 30 heavy (non-hydrogen) atoms. The summed E-state index contributed by atoms with van der Waals surface area (Å²) in [5.74, 6) is -0.707. The van der Waals surface area contributed by atoms with Crippen molar-refractivity contribution in [2.45, 2.75) is 25.5 Å². The van der Waals surface area contributed by atoms with Crippen LogP contribution < -0.4 is 10.2 Å². The number of amides is 2. The molecule has 2 aromatic carbocycles. The van der Waals surface area contributed by atoms with E-state index in [-0.39, 0.29) is 36.3 Å². The summed E-state index contributed by atoms with van der Waals surface area (Å²) in [5, 5.41) is 2.78. The van der Waals surface area contributed by atoms with E-state index in [0.29, 0.717) is 13.0 Å². The monoisotopic (exact) mass is 492 g/mol. The van der Waals surface area contributed by atoms with Gasteiger partial charge < -0.3 is 10.2 Å². The SMILES string of the molecule is Cc1cc(N2CC(C(=O)NCCCS(=O)(=O)Cc3ccccc3)CC2=O)ccc1Br. The summed E-state index contributed by atoms with van der Waals surface area (Å²) in [6, 6.07) is 14.7. The van der Waals surface area contributed by atoms with E-state index < -0.39 is 15.8 Å². The minimum atomic E-state index is -3.23. The van der Waals surface area contributed by atoms with Crippen LogP contribution in [0.3, 0.4) is 0 Å². The zero-order valence-electron chi connectivity index (χ0n) is 16.8. The van der Waals surface area contributed by atoms with Gasteiger partial charge in [0.2, 0.25) is 11.8 Å². The highest BCUT2D eigenvalue weighted by atomic mass is 79.9. The van der Waals surface area contributed by atoms with E-state index in [1.54, 1.807) is 17.0 Å². The normalized spacial score (nSPS) is 16.7. The van der Waals surface area contributed by atoms with Crippen LogP contribution in [0.5, 0.6) is 0 Å². The molecule has 0 aliphatic carbocycles. The van der Waals surface area contributed by atoms with E-state index in [9.17, 15) is 18.0 Å². The molecule has 1 saturated heterocycles. The topological polar surface area (TPSA) is 83.6 Å². The minimum Gasteiger partial charge on any atom is -0.356 e. The van der Waals surface area contributed by atoms with E-state index in [1.165, 1.54) is 0 Å². The Balaban J connectivity index is 1.46. The van der Waals surface area contributed by atoms with Crippen molar-refractivity contribution in [3.63, 3.8) is 0 Å². The number of hydrogen-bond acceptors (Lipinski definition) is 4. The zero-order valence-corrected chi connectivity index (χ0v) is 19.2. The number of hydrogen-bond donors (Lipinski definition) is 1. The predicted molar refractivity (Wildman–Crippen MR) is 121 cm³/mol. The second kappa shape index (κ2) is 9.75. The van der Waals surface area contributed by atoms with Crippen molar-refractivity contribution in [2.75, 3.05) is 23.7 Å². The van der Waals surface area contributed by atoms with Gasteiger partial charge in [-0.3, -0.25) is 9.59 Å². The number of benzene rings is 2. The number of rotatable bonds is 8.